The SMILES string of the molecule is CCCCCCCCCCCCCCCCCCCCCCCCC(O)C(=O)NC(CO)C(O)CCCCCCCCCCCCCCCCCCCCCC. The number of unbranched alkanes of at least 4 members (excludes halogenated alkanes) is 40. The molecule has 0 aromatic heterocycles. The van der Waals surface area contributed by atoms with Crippen molar-refractivity contribution < 1.29 is 20.1 Å². The predicted octanol–water partition coefficient (Wildman–Crippen LogP) is 15.4. The van der Waals surface area contributed by atoms with E-state index in [1.54, 1.807) is 0 Å². The number of carbonyl (C=O) groups excluding carboxylic acids is 1. The minimum Gasteiger partial charge on any atom is -0.394 e. The lowest BCUT2D eigenvalue weighted by Crippen LogP contribution is -2.49. The van der Waals surface area contributed by atoms with Gasteiger partial charge in [0.2, 0.25) is 5.91 Å². The molecule has 0 aromatic carbocycles. The van der Waals surface area contributed by atoms with Crippen LogP contribution in [0.3, 0.4) is 0 Å². The molecule has 4 N–H and O–H groups in total. The van der Waals surface area contributed by atoms with Crippen LogP contribution in [0.1, 0.15) is 296 Å². The third-order valence-electron chi connectivity index (χ3n) is 12.5. The van der Waals surface area contributed by atoms with E-state index in [-0.39, 0.29) is 6.61 Å². The number of hydrogen-bond acceptors (Lipinski definition) is 4. The summed E-state index contributed by atoms with van der Waals surface area (Å²) in [5, 5.41) is 33.5. The van der Waals surface area contributed by atoms with Gasteiger partial charge in [0.1, 0.15) is 6.10 Å². The maximum Gasteiger partial charge on any atom is 0.249 e. The molecule has 5 nitrogen and oxygen atoms in total. The molecule has 3 atom stereocenters. The summed E-state index contributed by atoms with van der Waals surface area (Å²) in [7, 11) is 0. The van der Waals surface area contributed by atoms with Gasteiger partial charge in [-0.25, -0.2) is 0 Å². The van der Waals surface area contributed by atoms with Crippen molar-refractivity contribution in [2.24, 2.45) is 0 Å². The fourth-order valence-corrected chi connectivity index (χ4v) is 8.43. The fourth-order valence-electron chi connectivity index (χ4n) is 8.43. The van der Waals surface area contributed by atoms with E-state index in [4.69, 9.17) is 0 Å². The third kappa shape index (κ3) is 41.5. The molecule has 0 aliphatic rings. The van der Waals surface area contributed by atoms with E-state index in [0.29, 0.717) is 12.8 Å². The van der Waals surface area contributed by atoms with Gasteiger partial charge in [-0.05, 0) is 12.8 Å². The highest BCUT2D eigenvalue weighted by Crippen LogP contribution is 2.18. The molecule has 0 radical (unpaired) electrons. The first-order chi connectivity index (χ1) is 27.6. The molecule has 0 saturated heterocycles. The van der Waals surface area contributed by atoms with E-state index in [2.05, 4.69) is 19.2 Å². The minimum atomic E-state index is -1.07. The van der Waals surface area contributed by atoms with Gasteiger partial charge in [-0.2, -0.15) is 0 Å². The van der Waals surface area contributed by atoms with Gasteiger partial charge in [-0.3, -0.25) is 4.79 Å². The molecule has 0 aliphatic carbocycles. The van der Waals surface area contributed by atoms with Crippen LogP contribution in [0.25, 0.3) is 0 Å². The van der Waals surface area contributed by atoms with Crippen molar-refractivity contribution in [3.05, 3.63) is 0 Å². The van der Waals surface area contributed by atoms with Crippen LogP contribution in [0.15, 0.2) is 0 Å². The van der Waals surface area contributed by atoms with E-state index in [9.17, 15) is 20.1 Å². The smallest absolute Gasteiger partial charge is 0.249 e. The summed E-state index contributed by atoms with van der Waals surface area (Å²) >= 11 is 0. The van der Waals surface area contributed by atoms with Gasteiger partial charge >= 0.3 is 0 Å². The molecule has 0 fully saturated rings. The molecule has 0 bridgehead atoms. The fraction of sp³-hybridized carbons (Fsp3) is 0.980. The molecule has 0 heterocycles. The lowest BCUT2D eigenvalue weighted by Gasteiger charge is -2.23. The van der Waals surface area contributed by atoms with Crippen molar-refractivity contribution in [2.75, 3.05) is 6.61 Å². The Balaban J connectivity index is 3.52. The first-order valence-electron chi connectivity index (χ1n) is 25.8. The lowest BCUT2D eigenvalue weighted by atomic mass is 10.0. The zero-order valence-electron chi connectivity index (χ0n) is 38.3. The maximum atomic E-state index is 12.5. The van der Waals surface area contributed by atoms with Crippen LogP contribution < -0.4 is 5.32 Å². The normalized spacial score (nSPS) is 13.3. The highest BCUT2D eigenvalue weighted by Gasteiger charge is 2.23. The Bertz CT molecular complexity index is 747. The molecule has 0 rings (SSSR count). The van der Waals surface area contributed by atoms with Crippen molar-refractivity contribution in [1.82, 2.24) is 5.32 Å². The van der Waals surface area contributed by atoms with Crippen LogP contribution in [0, 0.1) is 0 Å². The molecule has 1 amide bonds. The van der Waals surface area contributed by atoms with Crippen LogP contribution in [-0.2, 0) is 4.79 Å². The standard InChI is InChI=1S/C51H103NO4/c1-3-5-7-9-11-13-15-17-19-21-23-25-26-28-30-32-34-36-38-40-42-44-46-50(55)51(56)52-48(47-53)49(54)45-43-41-39-37-35-33-31-29-27-24-22-20-18-16-14-12-10-8-6-4-2/h48-50,53-55H,3-47H2,1-2H3,(H,52,56). The maximum absolute atomic E-state index is 12.5. The van der Waals surface area contributed by atoms with Crippen LogP contribution in [0.4, 0.5) is 0 Å². The molecule has 5 heteroatoms. The predicted molar refractivity (Wildman–Crippen MR) is 246 cm³/mol. The second kappa shape index (κ2) is 47.0. The summed E-state index contributed by atoms with van der Waals surface area (Å²) in [6.45, 7) is 4.27. The quantitative estimate of drug-likeness (QED) is 0.0462. The summed E-state index contributed by atoms with van der Waals surface area (Å²) in [6, 6.07) is -0.706. The molecule has 0 aliphatic heterocycles. The first kappa shape index (κ1) is 55.4. The van der Waals surface area contributed by atoms with E-state index in [1.165, 1.54) is 238 Å². The molecule has 0 saturated carbocycles. The number of carbonyl (C=O) groups is 1. The van der Waals surface area contributed by atoms with Crippen LogP contribution in [-0.4, -0.2) is 46.1 Å². The van der Waals surface area contributed by atoms with E-state index in [0.717, 1.165) is 32.1 Å². The van der Waals surface area contributed by atoms with Crippen LogP contribution >= 0.6 is 0 Å². The van der Waals surface area contributed by atoms with Gasteiger partial charge in [0.15, 0.2) is 0 Å². The Morgan fingerprint density at radius 1 is 0.357 bits per heavy atom. The zero-order valence-corrected chi connectivity index (χ0v) is 38.3. The van der Waals surface area contributed by atoms with Crippen LogP contribution in [0.5, 0.6) is 0 Å². The van der Waals surface area contributed by atoms with Crippen molar-refractivity contribution >= 4 is 5.91 Å². The van der Waals surface area contributed by atoms with E-state index in [1.807, 2.05) is 0 Å². The second-order valence-corrected chi connectivity index (χ2v) is 18.1. The van der Waals surface area contributed by atoms with Gasteiger partial charge in [-0.15, -0.1) is 0 Å². The summed E-state index contributed by atoms with van der Waals surface area (Å²) in [6.07, 6.45) is 55.5. The molecule has 0 aromatic rings. The van der Waals surface area contributed by atoms with Crippen molar-refractivity contribution in [2.45, 2.75) is 315 Å². The molecule has 56 heavy (non-hydrogen) atoms. The molecular formula is C51H103NO4. The monoisotopic (exact) mass is 794 g/mol. The van der Waals surface area contributed by atoms with Crippen molar-refractivity contribution in [3.8, 4) is 0 Å². The summed E-state index contributed by atoms with van der Waals surface area (Å²) in [5.74, 6) is -0.463. The second-order valence-electron chi connectivity index (χ2n) is 18.1. The lowest BCUT2D eigenvalue weighted by molar-refractivity contribution is -0.131. The Labute approximate surface area is 351 Å². The average molecular weight is 794 g/mol. The molecule has 0 spiro atoms. The minimum absolute atomic E-state index is 0.307. The topological polar surface area (TPSA) is 89.8 Å². The highest BCUT2D eigenvalue weighted by atomic mass is 16.3. The zero-order chi connectivity index (χ0) is 40.8. The Morgan fingerprint density at radius 2 is 0.571 bits per heavy atom. The van der Waals surface area contributed by atoms with Gasteiger partial charge in [0, 0.05) is 0 Å². The largest absolute Gasteiger partial charge is 0.394 e. The third-order valence-corrected chi connectivity index (χ3v) is 12.5. The van der Waals surface area contributed by atoms with Gasteiger partial charge in [0.05, 0.1) is 18.8 Å². The number of amides is 1. The number of hydrogen-bond donors (Lipinski definition) is 4. The van der Waals surface area contributed by atoms with Crippen molar-refractivity contribution in [3.63, 3.8) is 0 Å². The Kier molecular flexibility index (Phi) is 46.5. The number of aliphatic hydroxyl groups is 3. The number of rotatable bonds is 48. The summed E-state index contributed by atoms with van der Waals surface area (Å²) in [5.41, 5.74) is 0. The molecule has 336 valence electrons. The van der Waals surface area contributed by atoms with Gasteiger partial charge in [0.25, 0.3) is 0 Å². The van der Waals surface area contributed by atoms with Crippen molar-refractivity contribution in [1.29, 1.82) is 0 Å². The number of nitrogens with one attached hydrogen (secondary N) is 1. The number of aliphatic hydroxyl groups excluding tert-OH is 3. The first-order valence-corrected chi connectivity index (χ1v) is 25.8. The Morgan fingerprint density at radius 3 is 0.804 bits per heavy atom. The van der Waals surface area contributed by atoms with Gasteiger partial charge < -0.3 is 20.6 Å². The Hall–Kier alpha value is -0.650. The van der Waals surface area contributed by atoms with E-state index >= 15 is 0 Å². The molecule has 3 unspecified atom stereocenters. The average Bonchev–Trinajstić information content (AvgIpc) is 3.20. The van der Waals surface area contributed by atoms with E-state index < -0.39 is 24.2 Å². The summed E-state index contributed by atoms with van der Waals surface area (Å²) < 4.78 is 0. The molecular weight excluding hydrogens is 691 g/mol. The van der Waals surface area contributed by atoms with Gasteiger partial charge in [-0.1, -0.05) is 284 Å². The highest BCUT2D eigenvalue weighted by molar-refractivity contribution is 5.80. The van der Waals surface area contributed by atoms with Crippen LogP contribution in [0.2, 0.25) is 0 Å². The summed E-state index contributed by atoms with van der Waals surface area (Å²) in [4.78, 5) is 12.5.